The topological polar surface area (TPSA) is 24.9 Å². The first-order valence-corrected chi connectivity index (χ1v) is 5.54. The predicted octanol–water partition coefficient (Wildman–Crippen LogP) is 1.79. The molecule has 2 atom stereocenters. The molecule has 1 saturated heterocycles. The van der Waals surface area contributed by atoms with E-state index in [1.807, 2.05) is 12.4 Å². The fourth-order valence-corrected chi connectivity index (χ4v) is 3.06. The van der Waals surface area contributed by atoms with E-state index >= 15 is 0 Å². The molecule has 2 unspecified atom stereocenters. The standard InChI is InChI=1S/C12H16N2/c1-2-9(6-13-3-1)10-4-11-7-14-8-12(11)5-10/h1-3,6,10-12,14H,4-5,7-8H2. The lowest BCUT2D eigenvalue weighted by molar-refractivity contribution is 0.494. The summed E-state index contributed by atoms with van der Waals surface area (Å²) in [5, 5.41) is 3.48. The minimum Gasteiger partial charge on any atom is -0.316 e. The predicted molar refractivity (Wildman–Crippen MR) is 56.1 cm³/mol. The number of nitrogens with zero attached hydrogens (tertiary/aromatic N) is 1. The van der Waals surface area contributed by atoms with Crippen molar-refractivity contribution in [2.75, 3.05) is 13.1 Å². The van der Waals surface area contributed by atoms with E-state index < -0.39 is 0 Å². The molecule has 2 heteroatoms. The van der Waals surface area contributed by atoms with E-state index in [0.717, 1.165) is 17.8 Å². The second kappa shape index (κ2) is 3.35. The zero-order chi connectivity index (χ0) is 9.38. The Morgan fingerprint density at radius 3 is 2.64 bits per heavy atom. The average molecular weight is 188 g/mol. The number of rotatable bonds is 1. The van der Waals surface area contributed by atoms with Gasteiger partial charge in [0.05, 0.1) is 0 Å². The van der Waals surface area contributed by atoms with Crippen LogP contribution in [0.1, 0.15) is 24.3 Å². The normalized spacial score (nSPS) is 35.9. The summed E-state index contributed by atoms with van der Waals surface area (Å²) in [5.74, 6) is 2.64. The Hall–Kier alpha value is -0.890. The zero-order valence-corrected chi connectivity index (χ0v) is 8.32. The summed E-state index contributed by atoms with van der Waals surface area (Å²) in [6, 6.07) is 4.29. The molecule has 14 heavy (non-hydrogen) atoms. The molecular weight excluding hydrogens is 172 g/mol. The number of nitrogens with one attached hydrogen (secondary N) is 1. The zero-order valence-electron chi connectivity index (χ0n) is 8.32. The lowest BCUT2D eigenvalue weighted by atomic mass is 9.98. The molecule has 0 radical (unpaired) electrons. The molecule has 1 N–H and O–H groups in total. The van der Waals surface area contributed by atoms with Crippen LogP contribution in [-0.4, -0.2) is 18.1 Å². The van der Waals surface area contributed by atoms with E-state index in [-0.39, 0.29) is 0 Å². The number of fused-ring (bicyclic) bond motifs is 1. The quantitative estimate of drug-likeness (QED) is 0.727. The van der Waals surface area contributed by atoms with E-state index in [2.05, 4.69) is 22.4 Å². The summed E-state index contributed by atoms with van der Waals surface area (Å²) >= 11 is 0. The summed E-state index contributed by atoms with van der Waals surface area (Å²) < 4.78 is 0. The number of aromatic nitrogens is 1. The van der Waals surface area contributed by atoms with Gasteiger partial charge in [-0.3, -0.25) is 4.98 Å². The Kier molecular flexibility index (Phi) is 2.02. The molecule has 2 nitrogen and oxygen atoms in total. The van der Waals surface area contributed by atoms with Crippen molar-refractivity contribution in [3.8, 4) is 0 Å². The van der Waals surface area contributed by atoms with Crippen molar-refractivity contribution in [3.63, 3.8) is 0 Å². The van der Waals surface area contributed by atoms with Crippen molar-refractivity contribution in [1.29, 1.82) is 0 Å². The largest absolute Gasteiger partial charge is 0.316 e. The Morgan fingerprint density at radius 2 is 2.00 bits per heavy atom. The van der Waals surface area contributed by atoms with Crippen LogP contribution in [0, 0.1) is 11.8 Å². The third-order valence-corrected chi connectivity index (χ3v) is 3.81. The Labute approximate surface area is 84.7 Å². The summed E-state index contributed by atoms with van der Waals surface area (Å²) in [4.78, 5) is 4.21. The van der Waals surface area contributed by atoms with Crippen molar-refractivity contribution < 1.29 is 0 Å². The molecule has 1 aliphatic heterocycles. The highest BCUT2D eigenvalue weighted by atomic mass is 14.9. The van der Waals surface area contributed by atoms with Crippen LogP contribution in [0.5, 0.6) is 0 Å². The van der Waals surface area contributed by atoms with Crippen LogP contribution >= 0.6 is 0 Å². The molecule has 1 aromatic rings. The molecule has 1 saturated carbocycles. The van der Waals surface area contributed by atoms with Gasteiger partial charge in [-0.05, 0) is 55.3 Å². The molecule has 0 aromatic carbocycles. The van der Waals surface area contributed by atoms with Crippen LogP contribution in [0.2, 0.25) is 0 Å². The maximum Gasteiger partial charge on any atom is 0.0302 e. The van der Waals surface area contributed by atoms with Crippen molar-refractivity contribution in [1.82, 2.24) is 10.3 Å². The van der Waals surface area contributed by atoms with Crippen LogP contribution < -0.4 is 5.32 Å². The molecule has 3 rings (SSSR count). The van der Waals surface area contributed by atoms with E-state index in [0.29, 0.717) is 0 Å². The summed E-state index contributed by atoms with van der Waals surface area (Å²) in [7, 11) is 0. The van der Waals surface area contributed by atoms with Crippen molar-refractivity contribution in [3.05, 3.63) is 30.1 Å². The Bertz CT molecular complexity index is 297. The second-order valence-corrected chi connectivity index (χ2v) is 4.63. The van der Waals surface area contributed by atoms with E-state index in [9.17, 15) is 0 Å². The maximum absolute atomic E-state index is 4.21. The molecule has 0 bridgehead atoms. The monoisotopic (exact) mass is 188 g/mol. The number of hydrogen-bond acceptors (Lipinski definition) is 2. The van der Waals surface area contributed by atoms with Crippen LogP contribution in [0.25, 0.3) is 0 Å². The van der Waals surface area contributed by atoms with Gasteiger partial charge < -0.3 is 5.32 Å². The fraction of sp³-hybridized carbons (Fsp3) is 0.583. The number of hydrogen-bond donors (Lipinski definition) is 1. The maximum atomic E-state index is 4.21. The molecule has 0 spiro atoms. The SMILES string of the molecule is c1cncc(C2CC3CNCC3C2)c1. The van der Waals surface area contributed by atoms with Gasteiger partial charge in [0, 0.05) is 12.4 Å². The minimum absolute atomic E-state index is 0.779. The van der Waals surface area contributed by atoms with Crippen LogP contribution in [0.15, 0.2) is 24.5 Å². The molecule has 2 aliphatic rings. The van der Waals surface area contributed by atoms with Gasteiger partial charge in [-0.2, -0.15) is 0 Å². The second-order valence-electron chi connectivity index (χ2n) is 4.63. The number of pyridine rings is 1. The van der Waals surface area contributed by atoms with Crippen LogP contribution in [0.4, 0.5) is 0 Å². The highest BCUT2D eigenvalue weighted by molar-refractivity contribution is 5.17. The van der Waals surface area contributed by atoms with Crippen LogP contribution in [0.3, 0.4) is 0 Å². The van der Waals surface area contributed by atoms with Gasteiger partial charge in [-0.25, -0.2) is 0 Å². The molecular formula is C12H16N2. The lowest BCUT2D eigenvalue weighted by Gasteiger charge is -2.10. The summed E-state index contributed by atoms with van der Waals surface area (Å²) in [5.41, 5.74) is 1.45. The van der Waals surface area contributed by atoms with Gasteiger partial charge in [0.1, 0.15) is 0 Å². The first-order chi connectivity index (χ1) is 6.93. The van der Waals surface area contributed by atoms with Gasteiger partial charge >= 0.3 is 0 Å². The first-order valence-electron chi connectivity index (χ1n) is 5.54. The van der Waals surface area contributed by atoms with Crippen LogP contribution in [-0.2, 0) is 0 Å². The highest BCUT2D eigenvalue weighted by Gasteiger charge is 2.37. The third-order valence-electron chi connectivity index (χ3n) is 3.81. The lowest BCUT2D eigenvalue weighted by Crippen LogP contribution is -2.11. The van der Waals surface area contributed by atoms with Crippen molar-refractivity contribution in [2.24, 2.45) is 11.8 Å². The minimum atomic E-state index is 0.779. The van der Waals surface area contributed by atoms with E-state index in [4.69, 9.17) is 0 Å². The Balaban J connectivity index is 1.77. The van der Waals surface area contributed by atoms with Crippen molar-refractivity contribution in [2.45, 2.75) is 18.8 Å². The van der Waals surface area contributed by atoms with Gasteiger partial charge in [-0.1, -0.05) is 6.07 Å². The van der Waals surface area contributed by atoms with Gasteiger partial charge in [0.2, 0.25) is 0 Å². The smallest absolute Gasteiger partial charge is 0.0302 e. The Morgan fingerprint density at radius 1 is 1.21 bits per heavy atom. The van der Waals surface area contributed by atoms with Gasteiger partial charge in [0.15, 0.2) is 0 Å². The molecule has 0 amide bonds. The molecule has 1 aromatic heterocycles. The fourth-order valence-electron chi connectivity index (χ4n) is 3.06. The van der Waals surface area contributed by atoms with Gasteiger partial charge in [-0.15, -0.1) is 0 Å². The summed E-state index contributed by atoms with van der Waals surface area (Å²) in [6.45, 7) is 2.48. The third kappa shape index (κ3) is 1.34. The molecule has 2 fully saturated rings. The van der Waals surface area contributed by atoms with E-state index in [1.165, 1.54) is 31.5 Å². The average Bonchev–Trinajstić information content (AvgIpc) is 2.78. The molecule has 2 heterocycles. The van der Waals surface area contributed by atoms with Gasteiger partial charge in [0.25, 0.3) is 0 Å². The first kappa shape index (κ1) is 8.42. The molecule has 1 aliphatic carbocycles. The highest BCUT2D eigenvalue weighted by Crippen LogP contribution is 2.43. The summed E-state index contributed by atoms with van der Waals surface area (Å²) in [6.07, 6.45) is 6.63. The molecule has 74 valence electrons. The van der Waals surface area contributed by atoms with E-state index in [1.54, 1.807) is 0 Å². The van der Waals surface area contributed by atoms with Crippen molar-refractivity contribution >= 4 is 0 Å².